The van der Waals surface area contributed by atoms with Gasteiger partial charge in [-0.3, -0.25) is 0 Å². The maximum Gasteiger partial charge on any atom is 0.343 e. The summed E-state index contributed by atoms with van der Waals surface area (Å²) in [6.45, 7) is 6.36. The number of esters is 2. The molecule has 6 rings (SSSR count). The van der Waals surface area contributed by atoms with Crippen molar-refractivity contribution in [1.82, 2.24) is 0 Å². The average molecular weight is 1240 g/mol. The van der Waals surface area contributed by atoms with Crippen LogP contribution in [0.3, 0.4) is 0 Å². The number of ether oxygens (including phenoxy) is 6. The van der Waals surface area contributed by atoms with Crippen molar-refractivity contribution in [3.63, 3.8) is 0 Å². The highest BCUT2D eigenvalue weighted by Crippen LogP contribution is 2.36. The van der Waals surface area contributed by atoms with Crippen LogP contribution in [-0.4, -0.2) is 38.4 Å². The molecule has 0 aromatic heterocycles. The monoisotopic (exact) mass is 1240 g/mol. The third kappa shape index (κ3) is 29.5. The molecule has 12 nitrogen and oxygen atoms in total. The fourth-order valence-corrected chi connectivity index (χ4v) is 10.3. The third-order valence-corrected chi connectivity index (χ3v) is 15.8. The van der Waals surface area contributed by atoms with Gasteiger partial charge in [0.15, 0.2) is 11.5 Å². The number of hydrogen-bond donors (Lipinski definition) is 0. The molecule has 0 aliphatic heterocycles. The number of halogens is 2. The number of carbonyl (C=O) groups is 2. The largest absolute Gasteiger partial charge is 0.494 e. The summed E-state index contributed by atoms with van der Waals surface area (Å²) in [6, 6.07) is 38.0. The second-order valence-electron chi connectivity index (χ2n) is 22.7. The molecule has 6 aromatic carbocycles. The van der Waals surface area contributed by atoms with Crippen LogP contribution < -0.4 is 28.4 Å². The van der Waals surface area contributed by atoms with Crippen LogP contribution in [-0.2, 0) is 0 Å². The van der Waals surface area contributed by atoms with Crippen molar-refractivity contribution in [3.05, 3.63) is 155 Å². The van der Waals surface area contributed by atoms with E-state index >= 15 is 0 Å². The maximum atomic E-state index is 13.4. The number of carbonyl (C=O) groups excluding carboxylic acids is 2. The van der Waals surface area contributed by atoms with E-state index in [0.29, 0.717) is 93.0 Å². The van der Waals surface area contributed by atoms with Crippen molar-refractivity contribution < 1.29 is 38.0 Å². The average Bonchev–Trinajstić information content (AvgIpc) is 3.62. The molecule has 0 bridgehead atoms. The van der Waals surface area contributed by atoms with Crippen molar-refractivity contribution in [2.75, 3.05) is 26.4 Å². The number of benzene rings is 6. The van der Waals surface area contributed by atoms with Crippen LogP contribution in [0, 0.1) is 0 Å². The van der Waals surface area contributed by atoms with E-state index in [1.807, 2.05) is 0 Å². The molecule has 6 aromatic rings. The summed E-state index contributed by atoms with van der Waals surface area (Å²) in [4.78, 5) is 26.8. The molecule has 14 heteroatoms. The molecule has 0 spiro atoms. The van der Waals surface area contributed by atoms with Crippen molar-refractivity contribution >= 4 is 57.9 Å². The van der Waals surface area contributed by atoms with Gasteiger partial charge in [0.1, 0.15) is 34.4 Å². The molecule has 0 radical (unpaired) electrons. The molecule has 0 heterocycles. The zero-order chi connectivity index (χ0) is 61.9. The second kappa shape index (κ2) is 43.8. The molecule has 0 amide bonds. The standard InChI is InChI=1S/C74H96Cl2N4O8/c1-3-5-7-9-11-13-15-17-19-21-23-25-27-29-53-83-65-45-33-59(34-46-65)73(81)87-67-49-51-69(79-77-63-41-37-61(75)38-42-63)71(57-67)85-55-31-32-56-86-72-58-68(50-52-70(72)80-78-64-43-39-62(76)40-44-64)88-74(82)60-35-47-66(48-36-60)84-54-30-28-26-24-22-20-18-16-14-12-10-8-6-4-2/h33-52,57-58H,3-32,53-56H2,1-2H3. The number of azo groups is 2. The Morgan fingerprint density at radius 3 is 0.898 bits per heavy atom. The summed E-state index contributed by atoms with van der Waals surface area (Å²) in [5.74, 6) is 1.70. The Labute approximate surface area is 535 Å². The van der Waals surface area contributed by atoms with E-state index in [0.717, 1.165) is 25.7 Å². The quantitative estimate of drug-likeness (QED) is 0.0159. The highest BCUT2D eigenvalue weighted by atomic mass is 35.5. The Balaban J connectivity index is 0.952. The minimum atomic E-state index is -0.521. The van der Waals surface area contributed by atoms with Gasteiger partial charge in [-0.25, -0.2) is 9.59 Å². The van der Waals surface area contributed by atoms with Crippen molar-refractivity contribution in [2.24, 2.45) is 20.5 Å². The van der Waals surface area contributed by atoms with Gasteiger partial charge in [-0.15, -0.1) is 10.2 Å². The summed E-state index contributed by atoms with van der Waals surface area (Å²) in [6.07, 6.45) is 37.8. The molecule has 0 N–H and O–H groups in total. The molecule has 88 heavy (non-hydrogen) atoms. The topological polar surface area (TPSA) is 139 Å². The predicted molar refractivity (Wildman–Crippen MR) is 359 cm³/mol. The summed E-state index contributed by atoms with van der Waals surface area (Å²) < 4.78 is 36.3. The Hall–Kier alpha value is -6.76. The minimum Gasteiger partial charge on any atom is -0.494 e. The van der Waals surface area contributed by atoms with Gasteiger partial charge >= 0.3 is 11.9 Å². The van der Waals surface area contributed by atoms with Gasteiger partial charge in [0.25, 0.3) is 0 Å². The van der Waals surface area contributed by atoms with E-state index in [1.54, 1.807) is 133 Å². The summed E-state index contributed by atoms with van der Waals surface area (Å²) in [5.41, 5.74) is 2.85. The fraction of sp³-hybridized carbons (Fsp3) is 0.486. The van der Waals surface area contributed by atoms with Crippen LogP contribution in [0.2, 0.25) is 10.0 Å². The number of nitrogens with zero attached hydrogens (tertiary/aromatic N) is 4. The first kappa shape index (κ1) is 70.3. The Kier molecular flexibility index (Phi) is 35.0. The van der Waals surface area contributed by atoms with Crippen molar-refractivity contribution in [2.45, 2.75) is 206 Å². The molecular weight excluding hydrogens is 1140 g/mol. The van der Waals surface area contributed by atoms with Gasteiger partial charge in [0.2, 0.25) is 0 Å². The van der Waals surface area contributed by atoms with Gasteiger partial charge in [0, 0.05) is 22.2 Å². The first-order valence-electron chi connectivity index (χ1n) is 33.0. The summed E-state index contributed by atoms with van der Waals surface area (Å²) in [7, 11) is 0. The van der Waals surface area contributed by atoms with Gasteiger partial charge in [0.05, 0.1) is 48.9 Å². The maximum absolute atomic E-state index is 13.4. The van der Waals surface area contributed by atoms with Gasteiger partial charge in [-0.05, 0) is 147 Å². The lowest BCUT2D eigenvalue weighted by molar-refractivity contribution is 0.0724. The van der Waals surface area contributed by atoms with E-state index in [2.05, 4.69) is 34.3 Å². The van der Waals surface area contributed by atoms with Crippen LogP contribution in [0.4, 0.5) is 22.7 Å². The predicted octanol–water partition coefficient (Wildman–Crippen LogP) is 24.2. The lowest BCUT2D eigenvalue weighted by Gasteiger charge is -2.13. The second-order valence-corrected chi connectivity index (χ2v) is 23.6. The molecule has 0 atom stereocenters. The van der Waals surface area contributed by atoms with Crippen molar-refractivity contribution in [3.8, 4) is 34.5 Å². The van der Waals surface area contributed by atoms with Crippen molar-refractivity contribution in [1.29, 1.82) is 0 Å². The molecule has 474 valence electrons. The van der Waals surface area contributed by atoms with Crippen LogP contribution in [0.15, 0.2) is 154 Å². The minimum absolute atomic E-state index is 0.273. The molecular formula is C74H96Cl2N4O8. The van der Waals surface area contributed by atoms with Gasteiger partial charge < -0.3 is 28.4 Å². The zero-order valence-corrected chi connectivity index (χ0v) is 54.1. The van der Waals surface area contributed by atoms with E-state index in [4.69, 9.17) is 51.6 Å². The SMILES string of the molecule is CCCCCCCCCCCCCCCCOc1ccc(C(=O)Oc2ccc(N=Nc3ccc(Cl)cc3)c(OCCCCOc3cc(OC(=O)c4ccc(OCCCCCCCCCCCCCCCC)cc4)ccc3N=Nc3ccc(Cl)cc3)c2)cc1. The molecule has 0 fully saturated rings. The third-order valence-electron chi connectivity index (χ3n) is 15.3. The molecule has 0 aliphatic rings. The molecule has 0 unspecified atom stereocenters. The van der Waals surface area contributed by atoms with E-state index in [1.165, 1.54) is 154 Å². The smallest absolute Gasteiger partial charge is 0.343 e. The lowest BCUT2D eigenvalue weighted by Crippen LogP contribution is -2.09. The molecule has 0 aliphatic carbocycles. The van der Waals surface area contributed by atoms with E-state index in [9.17, 15) is 9.59 Å². The first-order chi connectivity index (χ1) is 43.3. The number of hydrogen-bond acceptors (Lipinski definition) is 12. The summed E-state index contributed by atoms with van der Waals surface area (Å²) in [5, 5.41) is 18.9. The fourth-order valence-electron chi connectivity index (χ4n) is 10.00. The highest BCUT2D eigenvalue weighted by Gasteiger charge is 2.15. The van der Waals surface area contributed by atoms with Crippen LogP contribution in [0.5, 0.6) is 34.5 Å². The Bertz CT molecular complexity index is 2720. The van der Waals surface area contributed by atoms with E-state index in [-0.39, 0.29) is 24.7 Å². The normalized spacial score (nSPS) is 11.4. The van der Waals surface area contributed by atoms with Gasteiger partial charge in [-0.1, -0.05) is 204 Å². The Morgan fingerprint density at radius 1 is 0.307 bits per heavy atom. The van der Waals surface area contributed by atoms with Crippen LogP contribution in [0.1, 0.15) is 227 Å². The zero-order valence-electron chi connectivity index (χ0n) is 52.6. The lowest BCUT2D eigenvalue weighted by atomic mass is 10.0. The van der Waals surface area contributed by atoms with E-state index < -0.39 is 11.9 Å². The molecule has 0 saturated carbocycles. The summed E-state index contributed by atoms with van der Waals surface area (Å²) >= 11 is 12.2. The highest BCUT2D eigenvalue weighted by molar-refractivity contribution is 6.30. The Morgan fingerprint density at radius 2 is 0.580 bits per heavy atom. The van der Waals surface area contributed by atoms with Crippen LogP contribution in [0.25, 0.3) is 0 Å². The van der Waals surface area contributed by atoms with Gasteiger partial charge in [-0.2, -0.15) is 10.2 Å². The number of rotatable bonds is 47. The van der Waals surface area contributed by atoms with Crippen LogP contribution >= 0.6 is 23.2 Å². The number of unbranched alkanes of at least 4 members (excludes halogenated alkanes) is 27. The first-order valence-corrected chi connectivity index (χ1v) is 33.8. The molecule has 0 saturated heterocycles.